The zero-order chi connectivity index (χ0) is 10.8. The van der Waals surface area contributed by atoms with E-state index in [2.05, 4.69) is 4.98 Å². The molecule has 0 radical (unpaired) electrons. The lowest BCUT2D eigenvalue weighted by Crippen LogP contribution is -2.02. The second-order valence-electron chi connectivity index (χ2n) is 3.28. The molecule has 4 heteroatoms. The summed E-state index contributed by atoms with van der Waals surface area (Å²) >= 11 is 0. The molecule has 15 heavy (non-hydrogen) atoms. The Balaban J connectivity index is 2.32. The number of aromatic nitrogens is 1. The Labute approximate surface area is 86.9 Å². The van der Waals surface area contributed by atoms with Crippen molar-refractivity contribution in [2.24, 2.45) is 0 Å². The van der Waals surface area contributed by atoms with Gasteiger partial charge in [0.15, 0.2) is 0 Å². The molecule has 0 saturated heterocycles. The van der Waals surface area contributed by atoms with Crippen molar-refractivity contribution in [2.45, 2.75) is 0 Å². The molecule has 4 nitrogen and oxygen atoms in total. The number of nitrogens with one attached hydrogen (secondary N) is 1. The van der Waals surface area contributed by atoms with Crippen molar-refractivity contribution >= 4 is 17.3 Å². The Morgan fingerprint density at radius 3 is 2.20 bits per heavy atom. The first-order chi connectivity index (χ1) is 7.16. The molecule has 5 N–H and O–H groups in total. The summed E-state index contributed by atoms with van der Waals surface area (Å²) < 4.78 is 0. The fraction of sp³-hybridized carbons (Fsp3) is 0. The summed E-state index contributed by atoms with van der Waals surface area (Å²) in [5.74, 6) is 0.389. The molecule has 0 unspecified atom stereocenters. The van der Waals surface area contributed by atoms with E-state index in [0.29, 0.717) is 22.8 Å². The lowest BCUT2D eigenvalue weighted by Gasteiger charge is -1.98. The maximum Gasteiger partial charge on any atom is 0.209 e. The van der Waals surface area contributed by atoms with Crippen molar-refractivity contribution in [1.29, 1.82) is 0 Å². The molecule has 1 aromatic heterocycles. The van der Waals surface area contributed by atoms with Crippen LogP contribution in [0.4, 0.5) is 11.5 Å². The fourth-order valence-electron chi connectivity index (χ4n) is 1.33. The predicted molar refractivity (Wildman–Crippen MR) is 59.5 cm³/mol. The zero-order valence-corrected chi connectivity index (χ0v) is 8.03. The van der Waals surface area contributed by atoms with Crippen LogP contribution in [0.3, 0.4) is 0 Å². The summed E-state index contributed by atoms with van der Waals surface area (Å²) in [7, 11) is 0. The molecule has 2 rings (SSSR count). The molecule has 0 amide bonds. The summed E-state index contributed by atoms with van der Waals surface area (Å²) in [6.07, 6.45) is 0. The molecule has 0 aliphatic rings. The number of hydrogen-bond donors (Lipinski definition) is 3. The fourth-order valence-corrected chi connectivity index (χ4v) is 1.33. The van der Waals surface area contributed by atoms with Gasteiger partial charge in [-0.3, -0.25) is 4.79 Å². The Bertz CT molecular complexity index is 485. The Kier molecular flexibility index (Phi) is 2.17. The van der Waals surface area contributed by atoms with E-state index in [1.54, 1.807) is 36.4 Å². The normalized spacial score (nSPS) is 10.1. The summed E-state index contributed by atoms with van der Waals surface area (Å²) in [5, 5.41) is 0. The van der Waals surface area contributed by atoms with Gasteiger partial charge >= 0.3 is 0 Å². The average molecular weight is 201 g/mol. The van der Waals surface area contributed by atoms with Crippen molar-refractivity contribution in [3.8, 4) is 0 Å². The van der Waals surface area contributed by atoms with Crippen LogP contribution in [-0.2, 0) is 0 Å². The number of anilines is 2. The molecule has 2 aromatic rings. The van der Waals surface area contributed by atoms with E-state index in [1.165, 1.54) is 0 Å². The number of nitrogen functional groups attached to an aromatic ring is 2. The van der Waals surface area contributed by atoms with Crippen LogP contribution < -0.4 is 11.5 Å². The number of aromatic amines is 1. The average Bonchev–Trinajstić information content (AvgIpc) is 2.65. The minimum Gasteiger partial charge on any atom is -0.399 e. The van der Waals surface area contributed by atoms with Crippen LogP contribution in [0.2, 0.25) is 0 Å². The highest BCUT2D eigenvalue weighted by Crippen LogP contribution is 2.12. The molecular weight excluding hydrogens is 190 g/mol. The highest BCUT2D eigenvalue weighted by Gasteiger charge is 2.09. The van der Waals surface area contributed by atoms with Crippen LogP contribution in [0.25, 0.3) is 0 Å². The molecule has 0 fully saturated rings. The van der Waals surface area contributed by atoms with Gasteiger partial charge in [-0.2, -0.15) is 0 Å². The van der Waals surface area contributed by atoms with Crippen LogP contribution >= 0.6 is 0 Å². The van der Waals surface area contributed by atoms with Gasteiger partial charge < -0.3 is 16.5 Å². The van der Waals surface area contributed by atoms with Crippen LogP contribution in [0.15, 0.2) is 36.4 Å². The molecule has 1 aromatic carbocycles. The number of hydrogen-bond acceptors (Lipinski definition) is 3. The Morgan fingerprint density at radius 2 is 1.67 bits per heavy atom. The maximum absolute atomic E-state index is 11.8. The predicted octanol–water partition coefficient (Wildman–Crippen LogP) is 1.41. The number of nitrogens with two attached hydrogens (primary N) is 2. The highest BCUT2D eigenvalue weighted by atomic mass is 16.1. The third kappa shape index (κ3) is 1.83. The molecule has 0 spiro atoms. The molecule has 76 valence electrons. The quantitative estimate of drug-likeness (QED) is 0.507. The lowest BCUT2D eigenvalue weighted by atomic mass is 10.1. The monoisotopic (exact) mass is 201 g/mol. The van der Waals surface area contributed by atoms with Gasteiger partial charge in [0.1, 0.15) is 5.82 Å². The number of benzene rings is 1. The molecule has 0 atom stereocenters. The summed E-state index contributed by atoms with van der Waals surface area (Å²) in [6.45, 7) is 0. The number of rotatable bonds is 2. The van der Waals surface area contributed by atoms with Crippen molar-refractivity contribution < 1.29 is 4.79 Å². The molecule has 0 bridgehead atoms. The minimum atomic E-state index is -0.0910. The molecular formula is C11H11N3O. The number of carbonyl (C=O) groups excluding carboxylic acids is 1. The van der Waals surface area contributed by atoms with Crippen LogP contribution in [0.5, 0.6) is 0 Å². The van der Waals surface area contributed by atoms with Gasteiger partial charge in [-0.1, -0.05) is 0 Å². The van der Waals surface area contributed by atoms with Gasteiger partial charge in [0.2, 0.25) is 5.78 Å². The molecule has 0 aliphatic heterocycles. The van der Waals surface area contributed by atoms with E-state index in [0.717, 1.165) is 0 Å². The summed E-state index contributed by atoms with van der Waals surface area (Å²) in [4.78, 5) is 14.6. The van der Waals surface area contributed by atoms with Gasteiger partial charge in [0.25, 0.3) is 0 Å². The van der Waals surface area contributed by atoms with Gasteiger partial charge in [-0.25, -0.2) is 0 Å². The highest BCUT2D eigenvalue weighted by molar-refractivity contribution is 6.08. The largest absolute Gasteiger partial charge is 0.399 e. The zero-order valence-electron chi connectivity index (χ0n) is 8.03. The minimum absolute atomic E-state index is 0.0910. The van der Waals surface area contributed by atoms with Crippen LogP contribution in [0.1, 0.15) is 16.1 Å². The third-order valence-corrected chi connectivity index (χ3v) is 2.13. The first kappa shape index (κ1) is 9.33. The summed E-state index contributed by atoms with van der Waals surface area (Å²) in [6, 6.07) is 10.1. The third-order valence-electron chi connectivity index (χ3n) is 2.13. The SMILES string of the molecule is Nc1ccc(C(=O)c2ccc(N)[nH]2)cc1. The Morgan fingerprint density at radius 1 is 1.00 bits per heavy atom. The lowest BCUT2D eigenvalue weighted by molar-refractivity contribution is 0.103. The van der Waals surface area contributed by atoms with E-state index in [9.17, 15) is 4.79 Å². The van der Waals surface area contributed by atoms with E-state index in [4.69, 9.17) is 11.5 Å². The van der Waals surface area contributed by atoms with Crippen molar-refractivity contribution in [1.82, 2.24) is 4.98 Å². The smallest absolute Gasteiger partial charge is 0.209 e. The van der Waals surface area contributed by atoms with Crippen molar-refractivity contribution in [3.63, 3.8) is 0 Å². The number of ketones is 1. The van der Waals surface area contributed by atoms with E-state index < -0.39 is 0 Å². The second-order valence-corrected chi connectivity index (χ2v) is 3.28. The van der Waals surface area contributed by atoms with Crippen LogP contribution in [0, 0.1) is 0 Å². The first-order valence-electron chi connectivity index (χ1n) is 4.51. The molecule has 0 saturated carbocycles. The van der Waals surface area contributed by atoms with Crippen LogP contribution in [-0.4, -0.2) is 10.8 Å². The maximum atomic E-state index is 11.8. The van der Waals surface area contributed by atoms with Gasteiger partial charge in [0.05, 0.1) is 5.69 Å². The standard InChI is InChI=1S/C11H11N3O/c12-8-3-1-7(2-4-8)11(15)9-5-6-10(13)14-9/h1-6,14H,12-13H2. The summed E-state index contributed by atoms with van der Waals surface area (Å²) in [5.41, 5.74) is 12.7. The molecule has 0 aliphatic carbocycles. The van der Waals surface area contributed by atoms with Gasteiger partial charge in [-0.15, -0.1) is 0 Å². The number of H-pyrrole nitrogens is 1. The molecule has 1 heterocycles. The van der Waals surface area contributed by atoms with E-state index in [1.807, 2.05) is 0 Å². The number of carbonyl (C=O) groups is 1. The van der Waals surface area contributed by atoms with Crippen molar-refractivity contribution in [2.75, 3.05) is 11.5 Å². The topological polar surface area (TPSA) is 84.9 Å². The second kappa shape index (κ2) is 3.49. The van der Waals surface area contributed by atoms with Gasteiger partial charge in [0, 0.05) is 11.3 Å². The Hall–Kier alpha value is -2.23. The van der Waals surface area contributed by atoms with Crippen molar-refractivity contribution in [3.05, 3.63) is 47.7 Å². The van der Waals surface area contributed by atoms with E-state index >= 15 is 0 Å². The van der Waals surface area contributed by atoms with Gasteiger partial charge in [-0.05, 0) is 36.4 Å². The van der Waals surface area contributed by atoms with E-state index in [-0.39, 0.29) is 5.78 Å². The first-order valence-corrected chi connectivity index (χ1v) is 4.51.